The lowest BCUT2D eigenvalue weighted by atomic mass is 9.30. The summed E-state index contributed by atoms with van der Waals surface area (Å²) in [6, 6.07) is 8.40. The Hall–Kier alpha value is -0.940. The summed E-state index contributed by atoms with van der Waals surface area (Å²) < 4.78 is 7.08. The average Bonchev–Trinajstić information content (AvgIpc) is 2.89. The summed E-state index contributed by atoms with van der Waals surface area (Å²) in [5, 5.41) is 35.2. The lowest BCUT2D eigenvalue weighted by Gasteiger charge is -2.76. The Morgan fingerprint density at radius 2 is 1.54 bits per heavy atom. The Balaban J connectivity index is 1.64. The maximum atomic E-state index is 12.5. The first-order chi connectivity index (χ1) is 19.1. The second-order valence-electron chi connectivity index (χ2n) is 16.3. The van der Waals surface area contributed by atoms with Crippen molar-refractivity contribution in [2.24, 2.45) is 69.5 Å². The summed E-state index contributed by atoms with van der Waals surface area (Å²) in [6.45, 7) is 23.2. The third-order valence-corrected chi connectivity index (χ3v) is 14.6. The molecule has 41 heavy (non-hydrogen) atoms. The summed E-state index contributed by atoms with van der Waals surface area (Å²) in [6.07, 6.45) is 3.13. The van der Waals surface area contributed by atoms with Gasteiger partial charge in [0.1, 0.15) is 0 Å². The van der Waals surface area contributed by atoms with Crippen molar-refractivity contribution in [1.29, 1.82) is 0 Å². The van der Waals surface area contributed by atoms with Crippen LogP contribution >= 0.6 is 0 Å². The maximum Gasteiger partial charge on any atom is 0.158 e. The van der Waals surface area contributed by atoms with Gasteiger partial charge in [-0.05, 0) is 90.9 Å². The molecule has 0 saturated heterocycles. The monoisotopic (exact) mass is 568 g/mol. The first-order valence-electron chi connectivity index (χ1n) is 16.9. The molecular weight excluding hydrogens is 508 g/mol. The van der Waals surface area contributed by atoms with Crippen LogP contribution in [0.15, 0.2) is 24.3 Å². The van der Waals surface area contributed by atoms with Gasteiger partial charge in [0.05, 0.1) is 18.3 Å². The highest BCUT2D eigenvalue weighted by atomic mass is 16.6. The number of aryl methyl sites for hydroxylation is 1. The minimum Gasteiger partial charge on any atom is -0.393 e. The first kappa shape index (κ1) is 31.5. The van der Waals surface area contributed by atoms with Gasteiger partial charge in [-0.2, -0.15) is 0 Å². The Labute approximate surface area is 250 Å². The van der Waals surface area contributed by atoms with Crippen LogP contribution < -0.4 is 0 Å². The van der Waals surface area contributed by atoms with Gasteiger partial charge in [0, 0.05) is 17.3 Å². The molecule has 4 heteroatoms. The van der Waals surface area contributed by atoms with Crippen molar-refractivity contribution >= 4 is 0 Å². The van der Waals surface area contributed by atoms with Gasteiger partial charge in [-0.1, -0.05) is 98.1 Å². The minimum absolute atomic E-state index is 0.0689. The van der Waals surface area contributed by atoms with Crippen molar-refractivity contribution in [2.45, 2.75) is 126 Å². The van der Waals surface area contributed by atoms with Gasteiger partial charge >= 0.3 is 0 Å². The van der Waals surface area contributed by atoms with Gasteiger partial charge in [-0.15, -0.1) is 0 Å². The van der Waals surface area contributed by atoms with Crippen molar-refractivity contribution in [3.8, 4) is 0 Å². The summed E-state index contributed by atoms with van der Waals surface area (Å²) >= 11 is 0. The summed E-state index contributed by atoms with van der Waals surface area (Å²) in [5.41, 5.74) is 1.61. The maximum absolute atomic E-state index is 12.5. The molecule has 3 N–H and O–H groups in total. The van der Waals surface area contributed by atoms with E-state index in [1.165, 1.54) is 24.8 Å². The number of ether oxygens (including phenoxy) is 1. The summed E-state index contributed by atoms with van der Waals surface area (Å²) in [5.74, 6) is 2.78. The van der Waals surface area contributed by atoms with Crippen LogP contribution in [0.1, 0.15) is 99.1 Å². The van der Waals surface area contributed by atoms with Crippen molar-refractivity contribution in [1.82, 2.24) is 0 Å². The average molecular weight is 569 g/mol. The number of aliphatic hydroxyl groups excluding tert-OH is 3. The highest BCUT2D eigenvalue weighted by Gasteiger charge is 2.75. The van der Waals surface area contributed by atoms with Gasteiger partial charge in [0.2, 0.25) is 0 Å². The molecular formula is C37H60O4. The zero-order chi connectivity index (χ0) is 30.2. The van der Waals surface area contributed by atoms with E-state index in [1.807, 2.05) is 6.92 Å². The molecule has 0 amide bonds. The van der Waals surface area contributed by atoms with Crippen molar-refractivity contribution in [3.05, 3.63) is 35.4 Å². The molecule has 1 aromatic carbocycles. The molecule has 0 spiro atoms. The number of fused-ring (bicyclic) bond motifs is 3. The van der Waals surface area contributed by atoms with Crippen LogP contribution in [-0.2, 0) is 11.2 Å². The lowest BCUT2D eigenvalue weighted by molar-refractivity contribution is -0.349. The standard InChI is InChI=1S/C37H60O4/c1-20-14-16-27(17-15-20)18-29(39)41-34-35(8)19-22(3)30(26(7)38)24(5)37(35,10)25(6)32-33(40)31-21(2)12-11-13-28(31)23(4)36(32,34)9/h14-17,21-26,28-34,38-40H,11-13,18-19H2,1-10H3. The molecule has 4 aliphatic carbocycles. The van der Waals surface area contributed by atoms with Gasteiger partial charge in [0.15, 0.2) is 6.29 Å². The van der Waals surface area contributed by atoms with E-state index < -0.39 is 6.29 Å². The lowest BCUT2D eigenvalue weighted by Crippen LogP contribution is -2.76. The Morgan fingerprint density at radius 3 is 2.15 bits per heavy atom. The molecule has 0 heterocycles. The van der Waals surface area contributed by atoms with Gasteiger partial charge in [-0.25, -0.2) is 0 Å². The van der Waals surface area contributed by atoms with E-state index in [2.05, 4.69) is 86.6 Å². The highest BCUT2D eigenvalue weighted by molar-refractivity contribution is 5.24. The number of aliphatic hydroxyl groups is 3. The Bertz CT molecular complexity index is 1070. The molecule has 0 aromatic heterocycles. The van der Waals surface area contributed by atoms with Crippen molar-refractivity contribution in [3.63, 3.8) is 0 Å². The molecule has 4 fully saturated rings. The van der Waals surface area contributed by atoms with E-state index in [-0.39, 0.29) is 58.2 Å². The van der Waals surface area contributed by atoms with Crippen LogP contribution in [0.4, 0.5) is 0 Å². The number of rotatable bonds is 5. The molecule has 4 nitrogen and oxygen atoms in total. The fourth-order valence-electron chi connectivity index (χ4n) is 12.4. The summed E-state index contributed by atoms with van der Waals surface area (Å²) in [7, 11) is 0. The normalized spacial score (nSPS) is 51.2. The van der Waals surface area contributed by atoms with Gasteiger partial charge in [-0.3, -0.25) is 0 Å². The zero-order valence-corrected chi connectivity index (χ0v) is 27.6. The summed E-state index contributed by atoms with van der Waals surface area (Å²) in [4.78, 5) is 0. The number of benzene rings is 1. The molecule has 232 valence electrons. The Morgan fingerprint density at radius 1 is 0.902 bits per heavy atom. The molecule has 1 aromatic rings. The zero-order valence-electron chi connectivity index (χ0n) is 27.6. The predicted molar refractivity (Wildman–Crippen MR) is 166 cm³/mol. The third-order valence-electron chi connectivity index (χ3n) is 14.6. The van der Waals surface area contributed by atoms with Crippen molar-refractivity contribution < 1.29 is 20.1 Å². The van der Waals surface area contributed by atoms with Crippen LogP contribution in [0.5, 0.6) is 0 Å². The minimum atomic E-state index is -0.915. The molecule has 16 atom stereocenters. The third kappa shape index (κ3) is 4.51. The van der Waals surface area contributed by atoms with Crippen molar-refractivity contribution in [2.75, 3.05) is 0 Å². The number of hydrogen-bond donors (Lipinski definition) is 3. The quantitative estimate of drug-likeness (QED) is 0.327. The highest BCUT2D eigenvalue weighted by Crippen LogP contribution is 2.75. The molecule has 0 aliphatic heterocycles. The van der Waals surface area contributed by atoms with Crippen LogP contribution in [0, 0.1) is 76.4 Å². The predicted octanol–water partition coefficient (Wildman–Crippen LogP) is 7.26. The van der Waals surface area contributed by atoms with E-state index in [1.54, 1.807) is 0 Å². The van der Waals surface area contributed by atoms with Gasteiger partial charge < -0.3 is 20.1 Å². The largest absolute Gasteiger partial charge is 0.393 e. The van der Waals surface area contributed by atoms with E-state index in [9.17, 15) is 15.3 Å². The van der Waals surface area contributed by atoms with Crippen LogP contribution in [0.2, 0.25) is 0 Å². The topological polar surface area (TPSA) is 69.9 Å². The van der Waals surface area contributed by atoms with E-state index in [0.717, 1.165) is 12.0 Å². The molecule has 4 aliphatic rings. The van der Waals surface area contributed by atoms with Crippen LogP contribution in [0.25, 0.3) is 0 Å². The van der Waals surface area contributed by atoms with Crippen LogP contribution in [-0.4, -0.2) is 39.9 Å². The van der Waals surface area contributed by atoms with Crippen LogP contribution in [0.3, 0.4) is 0 Å². The van der Waals surface area contributed by atoms with Gasteiger partial charge in [0.25, 0.3) is 0 Å². The fraction of sp³-hybridized carbons (Fsp3) is 0.838. The second kappa shape index (κ2) is 10.9. The van der Waals surface area contributed by atoms with E-state index in [4.69, 9.17) is 4.74 Å². The SMILES string of the molecule is Cc1ccc(CC(O)OC2C3(C)C(C)C4CCCC(C)C4C(O)C3C(C)C3(C)C(C)C(C(C)O)C(C)CC23C)cc1. The smallest absolute Gasteiger partial charge is 0.158 e. The van der Waals surface area contributed by atoms with E-state index >= 15 is 0 Å². The van der Waals surface area contributed by atoms with E-state index in [0.29, 0.717) is 36.0 Å². The second-order valence-corrected chi connectivity index (χ2v) is 16.3. The molecule has 0 radical (unpaired) electrons. The molecule has 5 rings (SSSR count). The molecule has 4 saturated carbocycles. The molecule has 16 unspecified atom stereocenters. The fourth-order valence-corrected chi connectivity index (χ4v) is 12.4. The Kier molecular flexibility index (Phi) is 8.37. The molecule has 0 bridgehead atoms. The number of hydrogen-bond acceptors (Lipinski definition) is 4. The first-order valence-corrected chi connectivity index (χ1v) is 16.9.